The fourth-order valence-electron chi connectivity index (χ4n) is 6.78. The quantitative estimate of drug-likeness (QED) is 0.231. The zero-order chi connectivity index (χ0) is 23.1. The number of aryl methyl sites for hydroxylation is 5. The number of rotatable bonds is 1. The number of fused-ring (bicyclic) bond motifs is 5. The molecule has 0 atom stereocenters. The van der Waals surface area contributed by atoms with Gasteiger partial charge in [-0.05, 0) is 117 Å². The van der Waals surface area contributed by atoms with E-state index in [1.165, 1.54) is 76.8 Å². The maximum absolute atomic E-state index is 4.94. The normalized spacial score (nSPS) is 14.0. The Morgan fingerprint density at radius 3 is 1.80 bits per heavy atom. The first-order valence-electron chi connectivity index (χ1n) is 12.7. The summed E-state index contributed by atoms with van der Waals surface area (Å²) in [6.45, 7) is 2.20. The Hall–Kier alpha value is -3.97. The molecule has 1 aromatic heterocycles. The first-order chi connectivity index (χ1) is 17.3. The summed E-state index contributed by atoms with van der Waals surface area (Å²) in [5, 5.41) is 7.82. The van der Waals surface area contributed by atoms with Crippen molar-refractivity contribution >= 4 is 32.3 Å². The van der Waals surface area contributed by atoms with Crippen LogP contribution in [0.15, 0.2) is 85.1 Å². The van der Waals surface area contributed by atoms with E-state index in [1.807, 2.05) is 6.20 Å². The minimum absolute atomic E-state index is 1.11. The van der Waals surface area contributed by atoms with E-state index in [1.54, 1.807) is 0 Å². The van der Waals surface area contributed by atoms with Crippen LogP contribution in [-0.4, -0.2) is 4.98 Å². The van der Waals surface area contributed by atoms with Crippen molar-refractivity contribution in [3.8, 4) is 22.4 Å². The summed E-state index contributed by atoms with van der Waals surface area (Å²) < 4.78 is 0. The Kier molecular flexibility index (Phi) is 3.88. The third kappa shape index (κ3) is 2.67. The molecular weight excluding hydrogens is 422 g/mol. The van der Waals surface area contributed by atoms with E-state index >= 15 is 0 Å². The average Bonchev–Trinajstić information content (AvgIpc) is 2.91. The molecule has 0 saturated carbocycles. The Balaban J connectivity index is 1.38. The third-order valence-electron chi connectivity index (χ3n) is 8.41. The van der Waals surface area contributed by atoms with E-state index in [9.17, 15) is 0 Å². The number of nitrogens with zero attached hydrogens (tertiary/aromatic N) is 1. The highest BCUT2D eigenvalue weighted by Crippen LogP contribution is 2.45. The van der Waals surface area contributed by atoms with Crippen molar-refractivity contribution in [2.24, 2.45) is 0 Å². The molecule has 2 aliphatic carbocycles. The second-order valence-electron chi connectivity index (χ2n) is 10.3. The second kappa shape index (κ2) is 7.02. The molecule has 35 heavy (non-hydrogen) atoms. The van der Waals surface area contributed by atoms with E-state index < -0.39 is 0 Å². The highest BCUT2D eigenvalue weighted by Gasteiger charge is 2.26. The topological polar surface area (TPSA) is 12.9 Å². The van der Waals surface area contributed by atoms with Crippen LogP contribution >= 0.6 is 0 Å². The van der Waals surface area contributed by atoms with Crippen molar-refractivity contribution in [1.29, 1.82) is 0 Å². The first-order valence-corrected chi connectivity index (χ1v) is 12.7. The van der Waals surface area contributed by atoms with Gasteiger partial charge in [0.15, 0.2) is 0 Å². The summed E-state index contributed by atoms with van der Waals surface area (Å²) in [7, 11) is 0. The van der Waals surface area contributed by atoms with Gasteiger partial charge in [0, 0.05) is 17.1 Å². The molecule has 6 aromatic rings. The lowest BCUT2D eigenvalue weighted by Gasteiger charge is -2.30. The van der Waals surface area contributed by atoms with Crippen LogP contribution in [0.4, 0.5) is 0 Å². The van der Waals surface area contributed by atoms with Crippen molar-refractivity contribution < 1.29 is 0 Å². The number of aromatic nitrogens is 1. The van der Waals surface area contributed by atoms with Crippen molar-refractivity contribution in [2.75, 3.05) is 0 Å². The molecule has 0 saturated heterocycles. The number of pyridine rings is 1. The summed E-state index contributed by atoms with van der Waals surface area (Å²) >= 11 is 0. The molecule has 0 spiro atoms. The first kappa shape index (κ1) is 19.3. The Labute approximate surface area is 205 Å². The van der Waals surface area contributed by atoms with Gasteiger partial charge in [-0.3, -0.25) is 4.98 Å². The van der Waals surface area contributed by atoms with Gasteiger partial charge in [-0.2, -0.15) is 0 Å². The van der Waals surface area contributed by atoms with Gasteiger partial charge in [-0.1, -0.05) is 60.7 Å². The molecule has 8 rings (SSSR count). The molecule has 1 nitrogen and oxygen atoms in total. The standard InChI is InChI=1S/C34H25N/c1-20-4-2-7-27-26(20)12-13-29-28(27)14-15-31-30(29)16-17-35-34(31)25-18-23-10-8-21-5-3-6-22-9-11-24(19-25)33(23)32(21)22/h2-7,12-19H,8-11H2,1H3. The van der Waals surface area contributed by atoms with Crippen LogP contribution in [0.25, 0.3) is 54.7 Å². The predicted molar refractivity (Wildman–Crippen MR) is 147 cm³/mol. The van der Waals surface area contributed by atoms with E-state index in [-0.39, 0.29) is 0 Å². The maximum atomic E-state index is 4.94. The molecule has 0 N–H and O–H groups in total. The van der Waals surface area contributed by atoms with Gasteiger partial charge in [0.25, 0.3) is 0 Å². The van der Waals surface area contributed by atoms with Gasteiger partial charge in [0.1, 0.15) is 0 Å². The van der Waals surface area contributed by atoms with Crippen molar-refractivity contribution in [3.63, 3.8) is 0 Å². The smallest absolute Gasteiger partial charge is 0.0780 e. The molecule has 1 heteroatoms. The molecule has 0 unspecified atom stereocenters. The zero-order valence-electron chi connectivity index (χ0n) is 19.9. The molecular formula is C34H25N. The van der Waals surface area contributed by atoms with E-state index in [2.05, 4.69) is 85.8 Å². The minimum atomic E-state index is 1.11. The average molecular weight is 448 g/mol. The van der Waals surface area contributed by atoms with E-state index in [0.717, 1.165) is 31.4 Å². The Bertz CT molecular complexity index is 1810. The minimum Gasteiger partial charge on any atom is -0.256 e. The summed E-state index contributed by atoms with van der Waals surface area (Å²) in [4.78, 5) is 4.94. The molecule has 0 aliphatic heterocycles. The lowest BCUT2D eigenvalue weighted by molar-refractivity contribution is 0.877. The molecule has 0 bridgehead atoms. The molecule has 2 aliphatic rings. The molecule has 0 amide bonds. The van der Waals surface area contributed by atoms with Crippen molar-refractivity contribution in [1.82, 2.24) is 4.98 Å². The Morgan fingerprint density at radius 1 is 0.514 bits per heavy atom. The van der Waals surface area contributed by atoms with Gasteiger partial charge >= 0.3 is 0 Å². The molecule has 5 aromatic carbocycles. The maximum Gasteiger partial charge on any atom is 0.0780 e. The number of hydrogen-bond donors (Lipinski definition) is 0. The molecule has 166 valence electrons. The fourth-order valence-corrected chi connectivity index (χ4v) is 6.78. The SMILES string of the molecule is Cc1cccc2c1ccc1c3ccnc(-c4cc5c6c(c4)CCc4cccc(c4-6)CC5)c3ccc21. The number of hydrogen-bond acceptors (Lipinski definition) is 1. The van der Waals surface area contributed by atoms with Crippen LogP contribution in [-0.2, 0) is 25.7 Å². The number of benzene rings is 5. The summed E-state index contributed by atoms with van der Waals surface area (Å²) in [6.07, 6.45) is 6.51. The highest BCUT2D eigenvalue weighted by molar-refractivity contribution is 6.19. The largest absolute Gasteiger partial charge is 0.256 e. The van der Waals surface area contributed by atoms with Gasteiger partial charge in [0.2, 0.25) is 0 Å². The fraction of sp³-hybridized carbons (Fsp3) is 0.147. The second-order valence-corrected chi connectivity index (χ2v) is 10.3. The summed E-state index contributed by atoms with van der Waals surface area (Å²) in [6, 6.07) is 29.7. The van der Waals surface area contributed by atoms with Gasteiger partial charge in [-0.15, -0.1) is 0 Å². The van der Waals surface area contributed by atoms with Crippen LogP contribution in [0.2, 0.25) is 0 Å². The molecule has 0 radical (unpaired) electrons. The Morgan fingerprint density at radius 2 is 1.06 bits per heavy atom. The predicted octanol–water partition coefficient (Wildman–Crippen LogP) is 8.38. The van der Waals surface area contributed by atoms with Crippen LogP contribution in [0.1, 0.15) is 27.8 Å². The van der Waals surface area contributed by atoms with Crippen LogP contribution in [0, 0.1) is 6.92 Å². The lowest BCUT2D eigenvalue weighted by atomic mass is 9.74. The van der Waals surface area contributed by atoms with Crippen molar-refractivity contribution in [2.45, 2.75) is 32.6 Å². The monoisotopic (exact) mass is 447 g/mol. The van der Waals surface area contributed by atoms with Crippen LogP contribution in [0.3, 0.4) is 0 Å². The third-order valence-corrected chi connectivity index (χ3v) is 8.41. The summed E-state index contributed by atoms with van der Waals surface area (Å²) in [5.41, 5.74) is 12.8. The van der Waals surface area contributed by atoms with E-state index in [4.69, 9.17) is 4.98 Å². The van der Waals surface area contributed by atoms with Gasteiger partial charge < -0.3 is 0 Å². The summed E-state index contributed by atoms with van der Waals surface area (Å²) in [5.74, 6) is 0. The van der Waals surface area contributed by atoms with Crippen LogP contribution < -0.4 is 0 Å². The van der Waals surface area contributed by atoms with Crippen LogP contribution in [0.5, 0.6) is 0 Å². The highest BCUT2D eigenvalue weighted by atomic mass is 14.7. The molecule has 1 heterocycles. The zero-order valence-corrected chi connectivity index (χ0v) is 19.9. The lowest BCUT2D eigenvalue weighted by Crippen LogP contribution is -2.14. The van der Waals surface area contributed by atoms with Gasteiger partial charge in [-0.25, -0.2) is 0 Å². The van der Waals surface area contributed by atoms with E-state index in [0.29, 0.717) is 0 Å². The molecule has 0 fully saturated rings. The van der Waals surface area contributed by atoms with Crippen molar-refractivity contribution in [3.05, 3.63) is 113 Å². The van der Waals surface area contributed by atoms with Gasteiger partial charge in [0.05, 0.1) is 5.69 Å².